The van der Waals surface area contributed by atoms with E-state index in [0.717, 1.165) is 0 Å². The van der Waals surface area contributed by atoms with Crippen LogP contribution >= 0.6 is 11.6 Å². The molecule has 3 amide bonds. The third-order valence-corrected chi connectivity index (χ3v) is 6.03. The Hall–Kier alpha value is -1.72. The molecule has 1 aliphatic heterocycles. The predicted molar refractivity (Wildman–Crippen MR) is 105 cm³/mol. The fourth-order valence-electron chi connectivity index (χ4n) is 2.79. The van der Waals surface area contributed by atoms with Crippen LogP contribution in [-0.4, -0.2) is 71.2 Å². The fourth-order valence-corrected chi connectivity index (χ4v) is 4.22. The van der Waals surface area contributed by atoms with Gasteiger partial charge < -0.3 is 10.1 Å². The molecule has 9 nitrogen and oxygen atoms in total. The number of sulfonamides is 1. The van der Waals surface area contributed by atoms with Gasteiger partial charge in [-0.05, 0) is 37.1 Å². The number of nitrogens with zero attached hydrogens (tertiary/aromatic N) is 1. The molecule has 1 saturated heterocycles. The van der Waals surface area contributed by atoms with Crippen LogP contribution in [0.5, 0.6) is 0 Å². The molecule has 1 aliphatic rings. The summed E-state index contributed by atoms with van der Waals surface area (Å²) in [6.45, 7) is 1.85. The number of imide groups is 1. The highest BCUT2D eigenvalue weighted by Crippen LogP contribution is 2.17. The first-order valence-corrected chi connectivity index (χ1v) is 10.7. The number of urea groups is 1. The number of carbonyl (C=O) groups is 2. The summed E-state index contributed by atoms with van der Waals surface area (Å²) in [6.07, 6.45) is 1.14. The lowest BCUT2D eigenvalue weighted by Gasteiger charge is -2.31. The van der Waals surface area contributed by atoms with Crippen molar-refractivity contribution in [3.63, 3.8) is 0 Å². The van der Waals surface area contributed by atoms with Gasteiger partial charge in [0.05, 0.1) is 18.0 Å². The van der Waals surface area contributed by atoms with Crippen LogP contribution in [0.4, 0.5) is 4.79 Å². The van der Waals surface area contributed by atoms with Gasteiger partial charge >= 0.3 is 6.03 Å². The van der Waals surface area contributed by atoms with Crippen molar-refractivity contribution in [3.05, 3.63) is 29.3 Å². The molecule has 0 saturated carbocycles. The van der Waals surface area contributed by atoms with Crippen molar-refractivity contribution in [2.45, 2.75) is 23.8 Å². The van der Waals surface area contributed by atoms with Crippen molar-refractivity contribution < 1.29 is 22.7 Å². The van der Waals surface area contributed by atoms with Crippen LogP contribution in [0.15, 0.2) is 29.2 Å². The van der Waals surface area contributed by atoms with E-state index in [4.69, 9.17) is 16.3 Å². The fraction of sp³-hybridized carbons (Fsp3) is 0.529. The van der Waals surface area contributed by atoms with Gasteiger partial charge in [-0.25, -0.2) is 17.9 Å². The molecule has 1 aromatic rings. The van der Waals surface area contributed by atoms with Gasteiger partial charge in [0, 0.05) is 37.8 Å². The summed E-state index contributed by atoms with van der Waals surface area (Å²) in [7, 11) is -2.10. The van der Waals surface area contributed by atoms with Gasteiger partial charge in [-0.15, -0.1) is 0 Å². The summed E-state index contributed by atoms with van der Waals surface area (Å²) in [5.41, 5.74) is 0. The molecule has 0 atom stereocenters. The van der Waals surface area contributed by atoms with Crippen LogP contribution in [0, 0.1) is 0 Å². The molecule has 0 bridgehead atoms. The highest BCUT2D eigenvalue weighted by atomic mass is 35.5. The van der Waals surface area contributed by atoms with E-state index in [1.807, 2.05) is 4.90 Å². The molecule has 1 heterocycles. The second-order valence-electron chi connectivity index (χ2n) is 6.42. The lowest BCUT2D eigenvalue weighted by Crippen LogP contribution is -2.49. The minimum Gasteiger partial charge on any atom is -0.383 e. The number of methoxy groups -OCH3 is 1. The standard InChI is InChI=1S/C17H25ClN4O5S/c1-27-11-8-19-17(24)20-16(23)12-22-9-6-14(7-10-22)21-28(25,26)15-4-2-13(18)3-5-15/h2-5,14,21H,6-12H2,1H3,(H2,19,20,23,24). The number of benzene rings is 1. The molecule has 1 fully saturated rings. The van der Waals surface area contributed by atoms with E-state index in [2.05, 4.69) is 15.4 Å². The topological polar surface area (TPSA) is 117 Å². The van der Waals surface area contributed by atoms with Crippen molar-refractivity contribution in [3.8, 4) is 0 Å². The van der Waals surface area contributed by atoms with Crippen molar-refractivity contribution in [1.82, 2.24) is 20.3 Å². The van der Waals surface area contributed by atoms with Crippen molar-refractivity contribution in [2.75, 3.05) is 39.9 Å². The lowest BCUT2D eigenvalue weighted by atomic mass is 10.1. The van der Waals surface area contributed by atoms with Crippen LogP contribution in [0.2, 0.25) is 5.02 Å². The maximum atomic E-state index is 12.4. The Balaban J connectivity index is 1.74. The van der Waals surface area contributed by atoms with E-state index >= 15 is 0 Å². The molecule has 0 aliphatic carbocycles. The Morgan fingerprint density at radius 2 is 1.86 bits per heavy atom. The predicted octanol–water partition coefficient (Wildman–Crippen LogP) is 0.555. The number of ether oxygens (including phenoxy) is 1. The molecule has 0 spiro atoms. The maximum absolute atomic E-state index is 12.4. The minimum absolute atomic E-state index is 0.0777. The summed E-state index contributed by atoms with van der Waals surface area (Å²) >= 11 is 5.79. The van der Waals surface area contributed by atoms with E-state index in [1.165, 1.54) is 31.4 Å². The molecule has 1 aromatic carbocycles. The number of hydrogen-bond donors (Lipinski definition) is 3. The first-order chi connectivity index (χ1) is 13.3. The second kappa shape index (κ2) is 10.7. The Labute approximate surface area is 169 Å². The minimum atomic E-state index is -3.61. The SMILES string of the molecule is COCCNC(=O)NC(=O)CN1CCC(NS(=O)(=O)c2ccc(Cl)cc2)CC1. The quantitative estimate of drug-likeness (QED) is 0.516. The molecule has 0 radical (unpaired) electrons. The summed E-state index contributed by atoms with van der Waals surface area (Å²) in [5.74, 6) is -0.407. The molecule has 28 heavy (non-hydrogen) atoms. The summed E-state index contributed by atoms with van der Waals surface area (Å²) in [4.78, 5) is 25.5. The summed E-state index contributed by atoms with van der Waals surface area (Å²) in [6, 6.07) is 5.21. The zero-order valence-electron chi connectivity index (χ0n) is 15.6. The van der Waals surface area contributed by atoms with E-state index in [1.54, 1.807) is 0 Å². The number of rotatable bonds is 8. The van der Waals surface area contributed by atoms with E-state index in [-0.39, 0.29) is 17.5 Å². The summed E-state index contributed by atoms with van der Waals surface area (Å²) in [5, 5.41) is 5.23. The number of likely N-dealkylation sites (tertiary alicyclic amines) is 1. The van der Waals surface area contributed by atoms with Crippen LogP contribution in [0.3, 0.4) is 0 Å². The molecule has 11 heteroatoms. The largest absolute Gasteiger partial charge is 0.383 e. The van der Waals surface area contributed by atoms with Crippen LogP contribution in [0.25, 0.3) is 0 Å². The van der Waals surface area contributed by atoms with Crippen LogP contribution in [0.1, 0.15) is 12.8 Å². The molecule has 0 unspecified atom stereocenters. The van der Waals surface area contributed by atoms with E-state index < -0.39 is 22.0 Å². The third-order valence-electron chi connectivity index (χ3n) is 4.25. The van der Waals surface area contributed by atoms with Gasteiger partial charge in [0.25, 0.3) is 0 Å². The molecule has 2 rings (SSSR count). The average Bonchev–Trinajstić information content (AvgIpc) is 2.63. The monoisotopic (exact) mass is 432 g/mol. The third kappa shape index (κ3) is 7.36. The van der Waals surface area contributed by atoms with Crippen molar-refractivity contribution in [1.29, 1.82) is 0 Å². The number of halogens is 1. The van der Waals surface area contributed by atoms with Gasteiger partial charge in [0.2, 0.25) is 15.9 Å². The highest BCUT2D eigenvalue weighted by molar-refractivity contribution is 7.89. The molecule has 0 aromatic heterocycles. The Kier molecular flexibility index (Phi) is 8.64. The highest BCUT2D eigenvalue weighted by Gasteiger charge is 2.25. The van der Waals surface area contributed by atoms with Gasteiger partial charge in [0.15, 0.2) is 0 Å². The van der Waals surface area contributed by atoms with Gasteiger partial charge in [-0.2, -0.15) is 0 Å². The number of hydrogen-bond acceptors (Lipinski definition) is 6. The first-order valence-electron chi connectivity index (χ1n) is 8.87. The Morgan fingerprint density at radius 1 is 1.21 bits per heavy atom. The summed E-state index contributed by atoms with van der Waals surface area (Å²) < 4.78 is 32.3. The van der Waals surface area contributed by atoms with E-state index in [0.29, 0.717) is 44.1 Å². The van der Waals surface area contributed by atoms with Crippen LogP contribution < -0.4 is 15.4 Å². The zero-order chi connectivity index (χ0) is 20.6. The number of piperidine rings is 1. The van der Waals surface area contributed by atoms with Crippen molar-refractivity contribution >= 4 is 33.6 Å². The molecular formula is C17H25ClN4O5S. The Morgan fingerprint density at radius 3 is 2.46 bits per heavy atom. The number of amides is 3. The molecule has 156 valence electrons. The smallest absolute Gasteiger partial charge is 0.321 e. The van der Waals surface area contributed by atoms with Crippen molar-refractivity contribution in [2.24, 2.45) is 0 Å². The number of carbonyl (C=O) groups excluding carboxylic acids is 2. The van der Waals surface area contributed by atoms with Gasteiger partial charge in [-0.3, -0.25) is 15.0 Å². The van der Waals surface area contributed by atoms with E-state index in [9.17, 15) is 18.0 Å². The first kappa shape index (κ1) is 22.6. The van der Waals surface area contributed by atoms with Gasteiger partial charge in [-0.1, -0.05) is 11.6 Å². The second-order valence-corrected chi connectivity index (χ2v) is 8.57. The Bertz CT molecular complexity index is 764. The molecular weight excluding hydrogens is 408 g/mol. The maximum Gasteiger partial charge on any atom is 0.321 e. The zero-order valence-corrected chi connectivity index (χ0v) is 17.2. The lowest BCUT2D eigenvalue weighted by molar-refractivity contribution is -0.121. The normalized spacial score (nSPS) is 15.9. The number of nitrogens with one attached hydrogen (secondary N) is 3. The van der Waals surface area contributed by atoms with Gasteiger partial charge in [0.1, 0.15) is 0 Å². The molecule has 3 N–H and O–H groups in total. The van der Waals surface area contributed by atoms with Crippen LogP contribution in [-0.2, 0) is 19.6 Å². The average molecular weight is 433 g/mol.